The summed E-state index contributed by atoms with van der Waals surface area (Å²) in [5, 5.41) is 2.64. The monoisotopic (exact) mass is 246 g/mol. The van der Waals surface area contributed by atoms with E-state index < -0.39 is 0 Å². The number of benzene rings is 3. The first kappa shape index (κ1) is 12.0. The van der Waals surface area contributed by atoms with E-state index in [0.29, 0.717) is 0 Å². The highest BCUT2D eigenvalue weighted by atomic mass is 14.1. The second-order valence-corrected chi connectivity index (χ2v) is 5.08. The Balaban J connectivity index is 2.23. The average molecular weight is 246 g/mol. The summed E-state index contributed by atoms with van der Waals surface area (Å²) in [4.78, 5) is 0. The van der Waals surface area contributed by atoms with Crippen molar-refractivity contribution in [2.45, 2.75) is 20.3 Å². The first-order valence-corrected chi connectivity index (χ1v) is 6.86. The fourth-order valence-electron chi connectivity index (χ4n) is 2.58. The molecule has 0 saturated carbocycles. The molecular formula is C19H18. The maximum Gasteiger partial charge on any atom is -0.0146 e. The van der Waals surface area contributed by atoms with Crippen molar-refractivity contribution in [2.75, 3.05) is 0 Å². The number of hydrogen-bond donors (Lipinski definition) is 0. The Hall–Kier alpha value is -2.08. The molecule has 0 aliphatic rings. The SMILES string of the molecule is CCc1cc2ccccc2cc1-c1ccc(C)cc1. The summed E-state index contributed by atoms with van der Waals surface area (Å²) in [7, 11) is 0. The van der Waals surface area contributed by atoms with Crippen LogP contribution in [0, 0.1) is 6.92 Å². The second-order valence-electron chi connectivity index (χ2n) is 5.08. The third kappa shape index (κ3) is 2.26. The van der Waals surface area contributed by atoms with Crippen molar-refractivity contribution in [2.24, 2.45) is 0 Å². The van der Waals surface area contributed by atoms with Crippen molar-refractivity contribution in [3.8, 4) is 11.1 Å². The quantitative estimate of drug-likeness (QED) is 0.569. The Bertz CT molecular complexity index is 706. The zero-order chi connectivity index (χ0) is 13.2. The number of aryl methyl sites for hydroxylation is 2. The Labute approximate surface area is 114 Å². The summed E-state index contributed by atoms with van der Waals surface area (Å²) in [6.45, 7) is 4.35. The van der Waals surface area contributed by atoms with E-state index in [2.05, 4.69) is 74.5 Å². The molecule has 0 spiro atoms. The predicted octanol–water partition coefficient (Wildman–Crippen LogP) is 5.38. The predicted molar refractivity (Wildman–Crippen MR) is 83.5 cm³/mol. The molecule has 0 saturated heterocycles. The van der Waals surface area contributed by atoms with Gasteiger partial charge in [-0.3, -0.25) is 0 Å². The molecule has 0 aromatic heterocycles. The largest absolute Gasteiger partial charge is 0.0616 e. The Morgan fingerprint density at radius 1 is 0.789 bits per heavy atom. The first-order chi connectivity index (χ1) is 9.28. The van der Waals surface area contributed by atoms with Crippen molar-refractivity contribution in [3.05, 3.63) is 71.8 Å². The van der Waals surface area contributed by atoms with Gasteiger partial charge in [0, 0.05) is 0 Å². The minimum Gasteiger partial charge on any atom is -0.0616 e. The van der Waals surface area contributed by atoms with Crippen LogP contribution in [0.1, 0.15) is 18.1 Å². The number of rotatable bonds is 2. The van der Waals surface area contributed by atoms with Crippen molar-refractivity contribution >= 4 is 10.8 Å². The highest BCUT2D eigenvalue weighted by Gasteiger charge is 2.05. The summed E-state index contributed by atoms with van der Waals surface area (Å²) in [5.74, 6) is 0. The van der Waals surface area contributed by atoms with E-state index in [4.69, 9.17) is 0 Å². The summed E-state index contributed by atoms with van der Waals surface area (Å²) >= 11 is 0. The maximum absolute atomic E-state index is 2.32. The van der Waals surface area contributed by atoms with Gasteiger partial charge < -0.3 is 0 Å². The molecule has 0 unspecified atom stereocenters. The molecule has 0 fully saturated rings. The maximum atomic E-state index is 2.32. The molecule has 94 valence electrons. The molecule has 0 amide bonds. The van der Waals surface area contributed by atoms with E-state index in [1.807, 2.05) is 0 Å². The first-order valence-electron chi connectivity index (χ1n) is 6.86. The van der Waals surface area contributed by atoms with Crippen LogP contribution in [0.3, 0.4) is 0 Å². The number of hydrogen-bond acceptors (Lipinski definition) is 0. The van der Waals surface area contributed by atoms with Crippen LogP contribution in [0.25, 0.3) is 21.9 Å². The van der Waals surface area contributed by atoms with E-state index in [-0.39, 0.29) is 0 Å². The molecule has 0 heterocycles. The van der Waals surface area contributed by atoms with E-state index >= 15 is 0 Å². The molecule has 0 atom stereocenters. The van der Waals surface area contributed by atoms with Crippen LogP contribution < -0.4 is 0 Å². The highest BCUT2D eigenvalue weighted by Crippen LogP contribution is 2.29. The van der Waals surface area contributed by atoms with Gasteiger partial charge in [0.1, 0.15) is 0 Å². The molecule has 0 aliphatic carbocycles. The van der Waals surface area contributed by atoms with Gasteiger partial charge in [-0.15, -0.1) is 0 Å². The van der Waals surface area contributed by atoms with Crippen LogP contribution in [-0.2, 0) is 6.42 Å². The lowest BCUT2D eigenvalue weighted by Crippen LogP contribution is -1.89. The van der Waals surface area contributed by atoms with Crippen LogP contribution >= 0.6 is 0 Å². The van der Waals surface area contributed by atoms with E-state index in [1.54, 1.807) is 0 Å². The zero-order valence-corrected chi connectivity index (χ0v) is 11.5. The summed E-state index contributed by atoms with van der Waals surface area (Å²) in [6.07, 6.45) is 1.06. The molecule has 3 aromatic carbocycles. The summed E-state index contributed by atoms with van der Waals surface area (Å²) < 4.78 is 0. The van der Waals surface area contributed by atoms with Gasteiger partial charge in [0.15, 0.2) is 0 Å². The van der Waals surface area contributed by atoms with Crippen molar-refractivity contribution in [1.29, 1.82) is 0 Å². The lowest BCUT2D eigenvalue weighted by molar-refractivity contribution is 1.15. The average Bonchev–Trinajstić information content (AvgIpc) is 2.46. The van der Waals surface area contributed by atoms with Gasteiger partial charge in [0.2, 0.25) is 0 Å². The van der Waals surface area contributed by atoms with Crippen molar-refractivity contribution in [3.63, 3.8) is 0 Å². The van der Waals surface area contributed by atoms with Gasteiger partial charge in [0.05, 0.1) is 0 Å². The summed E-state index contributed by atoms with van der Waals surface area (Å²) in [5.41, 5.74) is 5.40. The standard InChI is InChI=1S/C19H18/c1-3-15-12-17-6-4-5-7-18(17)13-19(15)16-10-8-14(2)9-11-16/h4-13H,3H2,1-2H3. The minimum absolute atomic E-state index is 1.06. The van der Waals surface area contributed by atoms with Gasteiger partial charge in [-0.2, -0.15) is 0 Å². The third-order valence-electron chi connectivity index (χ3n) is 3.72. The molecule has 0 nitrogen and oxygen atoms in total. The zero-order valence-electron chi connectivity index (χ0n) is 11.5. The molecule has 0 N–H and O–H groups in total. The van der Waals surface area contributed by atoms with Crippen LogP contribution in [0.4, 0.5) is 0 Å². The molecular weight excluding hydrogens is 228 g/mol. The van der Waals surface area contributed by atoms with Crippen LogP contribution in [0.15, 0.2) is 60.7 Å². The summed E-state index contributed by atoms with van der Waals surface area (Å²) in [6, 6.07) is 22.0. The second kappa shape index (κ2) is 4.89. The topological polar surface area (TPSA) is 0 Å². The molecule has 0 aliphatic heterocycles. The van der Waals surface area contributed by atoms with Crippen molar-refractivity contribution in [1.82, 2.24) is 0 Å². The fraction of sp³-hybridized carbons (Fsp3) is 0.158. The molecule has 0 heteroatoms. The van der Waals surface area contributed by atoms with Gasteiger partial charge >= 0.3 is 0 Å². The Morgan fingerprint density at radius 3 is 2.05 bits per heavy atom. The molecule has 3 rings (SSSR count). The smallest absolute Gasteiger partial charge is 0.0146 e. The normalized spacial score (nSPS) is 10.8. The fourth-order valence-corrected chi connectivity index (χ4v) is 2.58. The van der Waals surface area contributed by atoms with E-state index in [1.165, 1.54) is 33.0 Å². The van der Waals surface area contributed by atoms with Gasteiger partial charge in [0.25, 0.3) is 0 Å². The molecule has 19 heavy (non-hydrogen) atoms. The molecule has 0 bridgehead atoms. The minimum atomic E-state index is 1.06. The Morgan fingerprint density at radius 2 is 1.42 bits per heavy atom. The van der Waals surface area contributed by atoms with Gasteiger partial charge in [-0.05, 0) is 46.9 Å². The Kier molecular flexibility index (Phi) is 3.08. The number of fused-ring (bicyclic) bond motifs is 1. The molecule has 3 aromatic rings. The van der Waals surface area contributed by atoms with Crippen LogP contribution in [0.5, 0.6) is 0 Å². The molecule has 0 radical (unpaired) electrons. The lowest BCUT2D eigenvalue weighted by atomic mass is 9.94. The highest BCUT2D eigenvalue weighted by molar-refractivity contribution is 5.89. The van der Waals surface area contributed by atoms with Gasteiger partial charge in [-0.1, -0.05) is 67.1 Å². The third-order valence-corrected chi connectivity index (χ3v) is 3.72. The van der Waals surface area contributed by atoms with Crippen LogP contribution in [0.2, 0.25) is 0 Å². The van der Waals surface area contributed by atoms with E-state index in [9.17, 15) is 0 Å². The lowest BCUT2D eigenvalue weighted by Gasteiger charge is -2.11. The van der Waals surface area contributed by atoms with Crippen LogP contribution in [-0.4, -0.2) is 0 Å². The van der Waals surface area contributed by atoms with Gasteiger partial charge in [-0.25, -0.2) is 0 Å². The van der Waals surface area contributed by atoms with Crippen molar-refractivity contribution < 1.29 is 0 Å². The van der Waals surface area contributed by atoms with E-state index in [0.717, 1.165) is 6.42 Å².